The Morgan fingerprint density at radius 1 is 0.963 bits per heavy atom. The number of benzene rings is 2. The second-order valence-electron chi connectivity index (χ2n) is 6.21. The van der Waals surface area contributed by atoms with Gasteiger partial charge in [-0.2, -0.15) is 0 Å². The molecular formula is C20H23FN6. The third-order valence-corrected chi connectivity index (χ3v) is 4.23. The Hall–Kier alpha value is -3.22. The van der Waals surface area contributed by atoms with Crippen LogP contribution in [0.3, 0.4) is 0 Å². The number of hydrogen-bond acceptors (Lipinski definition) is 3. The molecule has 3 aromatic rings. The number of halogens is 1. The van der Waals surface area contributed by atoms with Crippen LogP contribution >= 0.6 is 0 Å². The Bertz CT molecular complexity index is 887. The van der Waals surface area contributed by atoms with Crippen molar-refractivity contribution < 1.29 is 4.39 Å². The molecular weight excluding hydrogens is 343 g/mol. The van der Waals surface area contributed by atoms with Crippen LogP contribution in [-0.2, 0) is 26.7 Å². The fourth-order valence-corrected chi connectivity index (χ4v) is 2.48. The van der Waals surface area contributed by atoms with Crippen LogP contribution in [0.5, 0.6) is 0 Å². The van der Waals surface area contributed by atoms with Crippen molar-refractivity contribution in [1.82, 2.24) is 25.4 Å². The van der Waals surface area contributed by atoms with E-state index >= 15 is 0 Å². The maximum Gasteiger partial charge on any atom is 0.192 e. The van der Waals surface area contributed by atoms with Gasteiger partial charge in [-0.15, -0.1) is 10.2 Å². The van der Waals surface area contributed by atoms with E-state index in [-0.39, 0.29) is 5.82 Å². The van der Waals surface area contributed by atoms with Crippen LogP contribution in [-0.4, -0.2) is 20.7 Å². The third-order valence-electron chi connectivity index (χ3n) is 4.23. The minimum atomic E-state index is -0.243. The van der Waals surface area contributed by atoms with E-state index in [0.717, 1.165) is 22.8 Å². The zero-order valence-electron chi connectivity index (χ0n) is 15.5. The second kappa shape index (κ2) is 8.93. The van der Waals surface area contributed by atoms with Crippen molar-refractivity contribution in [2.75, 3.05) is 0 Å². The Morgan fingerprint density at radius 3 is 2.33 bits per heavy atom. The van der Waals surface area contributed by atoms with Crippen LogP contribution < -0.4 is 10.6 Å². The van der Waals surface area contributed by atoms with E-state index in [1.54, 1.807) is 12.1 Å². The molecule has 2 N–H and O–H groups in total. The predicted octanol–water partition coefficient (Wildman–Crippen LogP) is 2.70. The van der Waals surface area contributed by atoms with E-state index in [2.05, 4.69) is 25.8 Å². The molecule has 0 unspecified atom stereocenters. The van der Waals surface area contributed by atoms with Crippen molar-refractivity contribution in [3.8, 4) is 0 Å². The zero-order chi connectivity index (χ0) is 19.1. The van der Waals surface area contributed by atoms with Crippen LogP contribution in [0.25, 0.3) is 0 Å². The van der Waals surface area contributed by atoms with Gasteiger partial charge in [0.05, 0.1) is 13.1 Å². The molecule has 3 rings (SSSR count). The van der Waals surface area contributed by atoms with E-state index in [9.17, 15) is 4.39 Å². The van der Waals surface area contributed by atoms with Crippen molar-refractivity contribution in [3.05, 3.63) is 83.2 Å². The minimum Gasteiger partial charge on any atom is -0.352 e. The molecule has 0 saturated heterocycles. The highest BCUT2D eigenvalue weighted by Crippen LogP contribution is 2.03. The SMILES string of the molecule is Cc1nnc(CNC(=NCc2ccccc2)NCc2ccc(F)cc2)n1C. The molecule has 140 valence electrons. The number of rotatable bonds is 6. The Morgan fingerprint density at radius 2 is 1.67 bits per heavy atom. The van der Waals surface area contributed by atoms with Crippen molar-refractivity contribution in [2.45, 2.75) is 26.6 Å². The van der Waals surface area contributed by atoms with Crippen molar-refractivity contribution >= 4 is 5.96 Å². The molecule has 0 aliphatic carbocycles. The standard InChI is InChI=1S/C20H23FN6/c1-15-25-26-19(27(15)2)14-24-20(22-12-16-6-4-3-5-7-16)23-13-17-8-10-18(21)11-9-17/h3-11H,12-14H2,1-2H3,(H2,22,23,24). The molecule has 0 saturated carbocycles. The van der Waals surface area contributed by atoms with Gasteiger partial charge in [0.25, 0.3) is 0 Å². The third kappa shape index (κ3) is 5.37. The molecule has 6 nitrogen and oxygen atoms in total. The molecule has 1 aromatic heterocycles. The molecule has 0 aliphatic heterocycles. The summed E-state index contributed by atoms with van der Waals surface area (Å²) in [6.07, 6.45) is 0. The lowest BCUT2D eigenvalue weighted by Gasteiger charge is -2.13. The van der Waals surface area contributed by atoms with Gasteiger partial charge >= 0.3 is 0 Å². The monoisotopic (exact) mass is 366 g/mol. The molecule has 0 aliphatic rings. The van der Waals surface area contributed by atoms with Gasteiger partial charge in [-0.1, -0.05) is 42.5 Å². The summed E-state index contributed by atoms with van der Waals surface area (Å²) in [5, 5.41) is 14.8. The average Bonchev–Trinajstić information content (AvgIpc) is 3.01. The van der Waals surface area contributed by atoms with Crippen LogP contribution in [0.2, 0.25) is 0 Å². The molecule has 0 atom stereocenters. The molecule has 1 heterocycles. The quantitative estimate of drug-likeness (QED) is 0.520. The lowest BCUT2D eigenvalue weighted by atomic mass is 10.2. The Balaban J connectivity index is 1.67. The molecule has 7 heteroatoms. The van der Waals surface area contributed by atoms with Gasteiger partial charge < -0.3 is 15.2 Å². The van der Waals surface area contributed by atoms with Gasteiger partial charge in [-0.05, 0) is 30.2 Å². The summed E-state index contributed by atoms with van der Waals surface area (Å²) in [7, 11) is 1.93. The first-order chi connectivity index (χ1) is 13.1. The number of aromatic nitrogens is 3. The molecule has 0 bridgehead atoms. The maximum atomic E-state index is 13.1. The number of aryl methyl sites for hydroxylation is 1. The molecule has 0 radical (unpaired) electrons. The first-order valence-corrected chi connectivity index (χ1v) is 8.77. The molecule has 0 amide bonds. The van der Waals surface area contributed by atoms with E-state index in [0.29, 0.717) is 25.6 Å². The van der Waals surface area contributed by atoms with Crippen molar-refractivity contribution in [1.29, 1.82) is 0 Å². The average molecular weight is 366 g/mol. The summed E-state index contributed by atoms with van der Waals surface area (Å²) < 4.78 is 15.0. The van der Waals surface area contributed by atoms with Crippen molar-refractivity contribution in [3.63, 3.8) is 0 Å². The first-order valence-electron chi connectivity index (χ1n) is 8.77. The number of nitrogens with one attached hydrogen (secondary N) is 2. The molecule has 2 aromatic carbocycles. The number of aliphatic imine (C=N–C) groups is 1. The number of guanidine groups is 1. The smallest absolute Gasteiger partial charge is 0.192 e. The van der Waals surface area contributed by atoms with Crippen LogP contribution in [0, 0.1) is 12.7 Å². The van der Waals surface area contributed by atoms with Crippen molar-refractivity contribution in [2.24, 2.45) is 12.0 Å². The maximum absolute atomic E-state index is 13.1. The summed E-state index contributed by atoms with van der Waals surface area (Å²) >= 11 is 0. The predicted molar refractivity (Wildman–Crippen MR) is 103 cm³/mol. The Kier molecular flexibility index (Phi) is 6.14. The number of hydrogen-bond donors (Lipinski definition) is 2. The van der Waals surface area contributed by atoms with E-state index in [4.69, 9.17) is 0 Å². The van der Waals surface area contributed by atoms with Crippen LogP contribution in [0.1, 0.15) is 22.8 Å². The first kappa shape index (κ1) is 18.6. The highest BCUT2D eigenvalue weighted by atomic mass is 19.1. The topological polar surface area (TPSA) is 67.1 Å². The van der Waals surface area contributed by atoms with Gasteiger partial charge in [-0.3, -0.25) is 0 Å². The largest absolute Gasteiger partial charge is 0.352 e. The summed E-state index contributed by atoms with van der Waals surface area (Å²) in [6.45, 7) is 3.51. The fourth-order valence-electron chi connectivity index (χ4n) is 2.48. The highest BCUT2D eigenvalue weighted by molar-refractivity contribution is 5.79. The minimum absolute atomic E-state index is 0.243. The van der Waals surface area contributed by atoms with E-state index in [1.807, 2.05) is 48.9 Å². The van der Waals surface area contributed by atoms with Gasteiger partial charge in [0.1, 0.15) is 11.6 Å². The normalized spacial score (nSPS) is 11.4. The van der Waals surface area contributed by atoms with Crippen LogP contribution in [0.4, 0.5) is 4.39 Å². The number of nitrogens with zero attached hydrogens (tertiary/aromatic N) is 4. The summed E-state index contributed by atoms with van der Waals surface area (Å²) in [4.78, 5) is 4.64. The summed E-state index contributed by atoms with van der Waals surface area (Å²) in [5.41, 5.74) is 2.09. The fraction of sp³-hybridized carbons (Fsp3) is 0.250. The summed E-state index contributed by atoms with van der Waals surface area (Å²) in [5.74, 6) is 2.09. The lowest BCUT2D eigenvalue weighted by Crippen LogP contribution is -2.37. The zero-order valence-corrected chi connectivity index (χ0v) is 15.5. The second-order valence-corrected chi connectivity index (χ2v) is 6.21. The molecule has 0 spiro atoms. The van der Waals surface area contributed by atoms with Gasteiger partial charge in [0.15, 0.2) is 11.8 Å². The Labute approximate surface area is 158 Å². The van der Waals surface area contributed by atoms with Crippen LogP contribution in [0.15, 0.2) is 59.6 Å². The molecule has 27 heavy (non-hydrogen) atoms. The van der Waals surface area contributed by atoms with E-state index < -0.39 is 0 Å². The van der Waals surface area contributed by atoms with Gasteiger partial charge in [0.2, 0.25) is 0 Å². The van der Waals surface area contributed by atoms with Gasteiger partial charge in [0, 0.05) is 13.6 Å². The van der Waals surface area contributed by atoms with Gasteiger partial charge in [-0.25, -0.2) is 9.38 Å². The van der Waals surface area contributed by atoms with E-state index in [1.165, 1.54) is 12.1 Å². The summed E-state index contributed by atoms with van der Waals surface area (Å²) in [6, 6.07) is 16.4. The lowest BCUT2D eigenvalue weighted by molar-refractivity contribution is 0.626. The highest BCUT2D eigenvalue weighted by Gasteiger charge is 2.06. The molecule has 0 fully saturated rings.